The highest BCUT2D eigenvalue weighted by molar-refractivity contribution is 5.85. The first kappa shape index (κ1) is 22.4. The molecule has 0 radical (unpaired) electrons. The van der Waals surface area contributed by atoms with Crippen molar-refractivity contribution in [2.24, 2.45) is 5.92 Å². The van der Waals surface area contributed by atoms with Crippen LogP contribution in [0.2, 0.25) is 0 Å². The predicted octanol–water partition coefficient (Wildman–Crippen LogP) is 3.17. The van der Waals surface area contributed by atoms with Crippen molar-refractivity contribution in [3.05, 3.63) is 47.8 Å². The van der Waals surface area contributed by atoms with Gasteiger partial charge in [-0.2, -0.15) is 0 Å². The third-order valence-electron chi connectivity index (χ3n) is 4.53. The van der Waals surface area contributed by atoms with E-state index in [9.17, 15) is 9.18 Å². The molecular formula is C18H25Cl2FN4O. The Morgan fingerprint density at radius 3 is 2.85 bits per heavy atom. The summed E-state index contributed by atoms with van der Waals surface area (Å²) in [5.74, 6) is 1.04. The quantitative estimate of drug-likeness (QED) is 0.779. The van der Waals surface area contributed by atoms with Gasteiger partial charge in [0.25, 0.3) is 0 Å². The summed E-state index contributed by atoms with van der Waals surface area (Å²) in [4.78, 5) is 16.0. The van der Waals surface area contributed by atoms with Gasteiger partial charge in [-0.3, -0.25) is 4.79 Å². The lowest BCUT2D eigenvalue weighted by atomic mass is 10.0. The van der Waals surface area contributed by atoms with Crippen molar-refractivity contribution in [3.63, 3.8) is 0 Å². The number of carbonyl (C=O) groups is 1. The van der Waals surface area contributed by atoms with Gasteiger partial charge in [0.1, 0.15) is 11.6 Å². The number of aromatic nitrogens is 2. The smallest absolute Gasteiger partial charge is 0.220 e. The summed E-state index contributed by atoms with van der Waals surface area (Å²) < 4.78 is 16.0. The van der Waals surface area contributed by atoms with Gasteiger partial charge in [0.05, 0.1) is 5.69 Å². The van der Waals surface area contributed by atoms with E-state index in [2.05, 4.69) is 15.6 Å². The largest absolute Gasteiger partial charge is 0.352 e. The summed E-state index contributed by atoms with van der Waals surface area (Å²) in [7, 11) is 0. The van der Waals surface area contributed by atoms with E-state index in [-0.39, 0.29) is 36.5 Å². The van der Waals surface area contributed by atoms with E-state index in [0.29, 0.717) is 24.6 Å². The van der Waals surface area contributed by atoms with E-state index in [1.165, 1.54) is 6.07 Å². The number of aryl methyl sites for hydroxylation is 1. The number of imidazole rings is 1. The molecule has 1 aliphatic heterocycles. The molecule has 26 heavy (non-hydrogen) atoms. The van der Waals surface area contributed by atoms with E-state index in [1.54, 1.807) is 23.0 Å². The second kappa shape index (κ2) is 10.5. The van der Waals surface area contributed by atoms with Gasteiger partial charge in [-0.1, -0.05) is 6.07 Å². The van der Waals surface area contributed by atoms with Gasteiger partial charge >= 0.3 is 0 Å². The van der Waals surface area contributed by atoms with Gasteiger partial charge in [-0.25, -0.2) is 9.37 Å². The van der Waals surface area contributed by atoms with Gasteiger partial charge in [-0.05, 0) is 56.5 Å². The fourth-order valence-corrected chi connectivity index (χ4v) is 3.07. The number of benzene rings is 1. The minimum Gasteiger partial charge on any atom is -0.352 e. The lowest BCUT2D eigenvalue weighted by Gasteiger charge is -2.11. The van der Waals surface area contributed by atoms with Crippen LogP contribution in [0.3, 0.4) is 0 Å². The molecule has 3 rings (SSSR count). The maximum atomic E-state index is 14.3. The molecule has 2 N–H and O–H groups in total. The number of halogens is 3. The molecule has 0 aliphatic carbocycles. The van der Waals surface area contributed by atoms with Crippen LogP contribution in [0.25, 0.3) is 5.69 Å². The van der Waals surface area contributed by atoms with Crippen molar-refractivity contribution >= 4 is 30.7 Å². The molecule has 0 saturated carbocycles. The van der Waals surface area contributed by atoms with Crippen LogP contribution in [0.15, 0.2) is 30.6 Å². The van der Waals surface area contributed by atoms with Crippen LogP contribution in [-0.2, 0) is 11.3 Å². The van der Waals surface area contributed by atoms with Crippen LogP contribution in [0.4, 0.5) is 4.39 Å². The third-order valence-corrected chi connectivity index (χ3v) is 4.53. The molecule has 5 nitrogen and oxygen atoms in total. The summed E-state index contributed by atoms with van der Waals surface area (Å²) in [6.07, 6.45) is 5.96. The van der Waals surface area contributed by atoms with E-state index in [4.69, 9.17) is 0 Å². The highest BCUT2D eigenvalue weighted by Crippen LogP contribution is 2.17. The fraction of sp³-hybridized carbons (Fsp3) is 0.444. The van der Waals surface area contributed by atoms with Gasteiger partial charge in [-0.15, -0.1) is 24.8 Å². The third kappa shape index (κ3) is 5.69. The molecule has 1 unspecified atom stereocenters. The second-order valence-corrected chi connectivity index (χ2v) is 6.30. The highest BCUT2D eigenvalue weighted by atomic mass is 35.5. The summed E-state index contributed by atoms with van der Waals surface area (Å²) in [5.41, 5.74) is 1.22. The van der Waals surface area contributed by atoms with E-state index in [1.807, 2.05) is 13.0 Å². The average molecular weight is 403 g/mol. The molecule has 0 bridgehead atoms. The zero-order chi connectivity index (χ0) is 16.9. The molecule has 1 amide bonds. The lowest BCUT2D eigenvalue weighted by molar-refractivity contribution is -0.121. The first-order valence-corrected chi connectivity index (χ1v) is 8.39. The Morgan fingerprint density at radius 1 is 1.42 bits per heavy atom. The zero-order valence-corrected chi connectivity index (χ0v) is 16.3. The molecule has 8 heteroatoms. The molecule has 144 valence electrons. The topological polar surface area (TPSA) is 59.0 Å². The maximum absolute atomic E-state index is 14.3. The lowest BCUT2D eigenvalue weighted by Crippen LogP contribution is -2.23. The summed E-state index contributed by atoms with van der Waals surface area (Å²) >= 11 is 0. The molecule has 0 spiro atoms. The van der Waals surface area contributed by atoms with Crippen molar-refractivity contribution in [3.8, 4) is 5.69 Å². The molecule has 1 saturated heterocycles. The number of nitrogens with one attached hydrogen (secondary N) is 2. The molecule has 1 atom stereocenters. The average Bonchev–Trinajstić information content (AvgIpc) is 3.23. The summed E-state index contributed by atoms with van der Waals surface area (Å²) in [5, 5.41) is 6.17. The van der Waals surface area contributed by atoms with Gasteiger partial charge in [0.2, 0.25) is 5.91 Å². The number of rotatable bonds is 6. The number of hydrogen-bond acceptors (Lipinski definition) is 3. The molecule has 1 fully saturated rings. The van der Waals surface area contributed by atoms with Crippen LogP contribution < -0.4 is 10.6 Å². The standard InChI is InChI=1S/C18H23FN4O.2ClH/c1-13-21-8-9-23(13)17-4-2-15(10-16(17)19)12-22-18(24)5-3-14-6-7-20-11-14;;/h2,4,8-10,14,20H,3,5-7,11-12H2,1H3,(H,22,24);2*1H. The van der Waals surface area contributed by atoms with Crippen molar-refractivity contribution in [2.45, 2.75) is 32.7 Å². The normalized spacial score (nSPS) is 15.8. The fourth-order valence-electron chi connectivity index (χ4n) is 3.07. The molecule has 1 aliphatic rings. The van der Waals surface area contributed by atoms with Crippen molar-refractivity contribution in [2.75, 3.05) is 13.1 Å². The first-order valence-electron chi connectivity index (χ1n) is 8.39. The van der Waals surface area contributed by atoms with Crippen LogP contribution in [-0.4, -0.2) is 28.5 Å². The molecule has 2 heterocycles. The SMILES string of the molecule is Cc1nccn1-c1ccc(CNC(=O)CCC2CCNC2)cc1F.Cl.Cl. The van der Waals surface area contributed by atoms with Crippen LogP contribution in [0, 0.1) is 18.7 Å². The van der Waals surface area contributed by atoms with Crippen LogP contribution >= 0.6 is 24.8 Å². The Balaban J connectivity index is 0.00000169. The number of carbonyl (C=O) groups excluding carboxylic acids is 1. The van der Waals surface area contributed by atoms with Crippen LogP contribution in [0.5, 0.6) is 0 Å². The zero-order valence-electron chi connectivity index (χ0n) is 14.7. The van der Waals surface area contributed by atoms with Crippen molar-refractivity contribution in [1.82, 2.24) is 20.2 Å². The Bertz CT molecular complexity index is 717. The monoisotopic (exact) mass is 402 g/mol. The Hall–Kier alpha value is -1.63. The molecule has 1 aromatic carbocycles. The maximum Gasteiger partial charge on any atom is 0.220 e. The van der Waals surface area contributed by atoms with E-state index in [0.717, 1.165) is 37.3 Å². The Labute approximate surface area is 165 Å². The highest BCUT2D eigenvalue weighted by Gasteiger charge is 2.15. The van der Waals surface area contributed by atoms with Gasteiger partial charge in [0.15, 0.2) is 0 Å². The molecular weight excluding hydrogens is 378 g/mol. The second-order valence-electron chi connectivity index (χ2n) is 6.30. The summed E-state index contributed by atoms with van der Waals surface area (Å²) in [6.45, 7) is 4.23. The Kier molecular flexibility index (Phi) is 9.05. The minimum atomic E-state index is -0.320. The van der Waals surface area contributed by atoms with Crippen molar-refractivity contribution in [1.29, 1.82) is 0 Å². The number of nitrogens with zero attached hydrogens (tertiary/aromatic N) is 2. The van der Waals surface area contributed by atoms with Crippen LogP contribution in [0.1, 0.15) is 30.7 Å². The predicted molar refractivity (Wildman–Crippen MR) is 105 cm³/mol. The summed E-state index contributed by atoms with van der Waals surface area (Å²) in [6, 6.07) is 5.02. The first-order chi connectivity index (χ1) is 11.6. The van der Waals surface area contributed by atoms with E-state index >= 15 is 0 Å². The van der Waals surface area contributed by atoms with Crippen molar-refractivity contribution < 1.29 is 9.18 Å². The van der Waals surface area contributed by atoms with Gasteiger partial charge < -0.3 is 15.2 Å². The van der Waals surface area contributed by atoms with E-state index < -0.39 is 0 Å². The molecule has 2 aromatic rings. The molecule has 1 aromatic heterocycles. The minimum absolute atomic E-state index is 0. The number of hydrogen-bond donors (Lipinski definition) is 2. The van der Waals surface area contributed by atoms with Gasteiger partial charge in [0, 0.05) is 25.4 Å². The Morgan fingerprint density at radius 2 is 2.23 bits per heavy atom. The number of amides is 1.